The van der Waals surface area contributed by atoms with E-state index >= 15 is 0 Å². The molecule has 60 valence electrons. The zero-order valence-corrected chi connectivity index (χ0v) is 8.45. The molecule has 0 aliphatic carbocycles. The summed E-state index contributed by atoms with van der Waals surface area (Å²) in [5.41, 5.74) is 0. The Morgan fingerprint density at radius 1 is 1.27 bits per heavy atom. The van der Waals surface area contributed by atoms with Crippen molar-refractivity contribution in [2.24, 2.45) is 0 Å². The molecule has 1 aromatic rings. The second-order valence-electron chi connectivity index (χ2n) is 2.93. The van der Waals surface area contributed by atoms with Gasteiger partial charge >= 0.3 is 0 Å². The highest BCUT2D eigenvalue weighted by molar-refractivity contribution is 6.70. The molecule has 0 radical (unpaired) electrons. The van der Waals surface area contributed by atoms with Crippen molar-refractivity contribution in [2.45, 2.75) is 13.1 Å². The van der Waals surface area contributed by atoms with Crippen LogP contribution in [0.4, 0.5) is 0 Å². The molecule has 0 bridgehead atoms. The Morgan fingerprint density at radius 3 is 2.55 bits per heavy atom. The number of ether oxygens (including phenoxy) is 1. The minimum absolute atomic E-state index is 0.651. The van der Waals surface area contributed by atoms with Gasteiger partial charge in [-0.25, -0.2) is 0 Å². The fourth-order valence-corrected chi connectivity index (χ4v) is 1.99. The van der Waals surface area contributed by atoms with Crippen molar-refractivity contribution in [3.8, 4) is 5.75 Å². The topological polar surface area (TPSA) is 9.23 Å². The van der Waals surface area contributed by atoms with Gasteiger partial charge in [-0.05, 0) is 12.1 Å². The number of benzene rings is 1. The maximum Gasteiger partial charge on any atom is 0.118 e. The lowest BCUT2D eigenvalue weighted by molar-refractivity contribution is 0.415. The summed E-state index contributed by atoms with van der Waals surface area (Å²) in [5.74, 6) is 0.976. The number of methoxy groups -OCH3 is 1. The lowest BCUT2D eigenvalue weighted by Gasteiger charge is -2.05. The van der Waals surface area contributed by atoms with E-state index in [1.54, 1.807) is 7.11 Å². The highest BCUT2D eigenvalue weighted by Gasteiger charge is 2.00. The monoisotopic (exact) mass is 166 g/mol. The van der Waals surface area contributed by atoms with Gasteiger partial charge in [-0.3, -0.25) is 0 Å². The van der Waals surface area contributed by atoms with Gasteiger partial charge in [0.2, 0.25) is 0 Å². The van der Waals surface area contributed by atoms with Crippen molar-refractivity contribution in [2.75, 3.05) is 7.11 Å². The highest BCUT2D eigenvalue weighted by atomic mass is 28.3. The predicted octanol–water partition coefficient (Wildman–Crippen LogP) is 1.39. The van der Waals surface area contributed by atoms with Gasteiger partial charge in [0, 0.05) is 0 Å². The van der Waals surface area contributed by atoms with Gasteiger partial charge < -0.3 is 4.74 Å². The summed E-state index contributed by atoms with van der Waals surface area (Å²) in [6.07, 6.45) is 0. The lowest BCUT2D eigenvalue weighted by atomic mass is 10.3. The maximum absolute atomic E-state index is 5.13. The summed E-state index contributed by atoms with van der Waals surface area (Å²) < 4.78 is 5.13. The molecule has 0 aromatic heterocycles. The van der Waals surface area contributed by atoms with Gasteiger partial charge in [0.15, 0.2) is 0 Å². The van der Waals surface area contributed by atoms with E-state index in [1.165, 1.54) is 5.19 Å². The van der Waals surface area contributed by atoms with E-state index in [2.05, 4.69) is 31.3 Å². The van der Waals surface area contributed by atoms with E-state index in [9.17, 15) is 0 Å². The Morgan fingerprint density at radius 2 is 2.00 bits per heavy atom. The van der Waals surface area contributed by atoms with E-state index < -0.39 is 8.80 Å². The molecule has 1 aromatic carbocycles. The SMILES string of the molecule is COc1cccc([SiH](C)C)c1. The van der Waals surface area contributed by atoms with Crippen LogP contribution in [0.3, 0.4) is 0 Å². The van der Waals surface area contributed by atoms with Gasteiger partial charge in [-0.2, -0.15) is 0 Å². The van der Waals surface area contributed by atoms with Crippen LogP contribution < -0.4 is 9.92 Å². The first-order valence-corrected chi connectivity index (χ1v) is 6.76. The average Bonchev–Trinajstić information content (AvgIpc) is 2.05. The minimum atomic E-state index is -0.651. The zero-order chi connectivity index (χ0) is 8.27. The van der Waals surface area contributed by atoms with E-state index in [-0.39, 0.29) is 0 Å². The molecule has 0 N–H and O–H groups in total. The van der Waals surface area contributed by atoms with Crippen molar-refractivity contribution >= 4 is 14.0 Å². The molecule has 2 heteroatoms. The van der Waals surface area contributed by atoms with Crippen molar-refractivity contribution in [1.29, 1.82) is 0 Å². The third-order valence-corrected chi connectivity index (χ3v) is 3.45. The summed E-state index contributed by atoms with van der Waals surface area (Å²) in [6.45, 7) is 4.63. The highest BCUT2D eigenvalue weighted by Crippen LogP contribution is 2.05. The normalized spacial score (nSPS) is 10.2. The Labute approximate surface area is 69.6 Å². The quantitative estimate of drug-likeness (QED) is 0.603. The smallest absolute Gasteiger partial charge is 0.118 e. The van der Waals surface area contributed by atoms with Crippen LogP contribution in [0.25, 0.3) is 0 Å². The standard InChI is InChI=1S/C9H14OSi/c1-10-8-5-4-6-9(7-8)11(2)3/h4-7,11H,1-3H3. The molecule has 0 aliphatic rings. The van der Waals surface area contributed by atoms with Gasteiger partial charge in [0.1, 0.15) is 5.75 Å². The Hall–Kier alpha value is -0.763. The van der Waals surface area contributed by atoms with Gasteiger partial charge in [0.25, 0.3) is 0 Å². The number of rotatable bonds is 2. The number of hydrogen-bond acceptors (Lipinski definition) is 1. The molecule has 0 heterocycles. The van der Waals surface area contributed by atoms with Crippen LogP contribution in [0, 0.1) is 0 Å². The summed E-state index contributed by atoms with van der Waals surface area (Å²) in [7, 11) is 1.06. The first-order valence-electron chi connectivity index (χ1n) is 3.88. The molecular formula is C9H14OSi. The van der Waals surface area contributed by atoms with Gasteiger partial charge in [-0.15, -0.1) is 0 Å². The van der Waals surface area contributed by atoms with Crippen molar-refractivity contribution in [3.05, 3.63) is 24.3 Å². The molecule has 0 amide bonds. The van der Waals surface area contributed by atoms with Crippen LogP contribution in [-0.2, 0) is 0 Å². The minimum Gasteiger partial charge on any atom is -0.497 e. The molecule has 11 heavy (non-hydrogen) atoms. The largest absolute Gasteiger partial charge is 0.497 e. The Balaban J connectivity index is 2.91. The Bertz CT molecular complexity index is 233. The van der Waals surface area contributed by atoms with E-state index in [0.29, 0.717) is 0 Å². The summed E-state index contributed by atoms with van der Waals surface area (Å²) in [4.78, 5) is 0. The van der Waals surface area contributed by atoms with Crippen LogP contribution in [-0.4, -0.2) is 15.9 Å². The van der Waals surface area contributed by atoms with Crippen LogP contribution in [0.1, 0.15) is 0 Å². The molecule has 0 atom stereocenters. The predicted molar refractivity (Wildman–Crippen MR) is 51.5 cm³/mol. The Kier molecular flexibility index (Phi) is 2.71. The fraction of sp³-hybridized carbons (Fsp3) is 0.333. The van der Waals surface area contributed by atoms with E-state index in [4.69, 9.17) is 4.74 Å². The lowest BCUT2D eigenvalue weighted by Crippen LogP contribution is -2.21. The third kappa shape index (κ3) is 2.08. The molecular weight excluding hydrogens is 152 g/mol. The molecule has 0 fully saturated rings. The first kappa shape index (κ1) is 8.33. The first-order chi connectivity index (χ1) is 5.24. The molecule has 0 aliphatic heterocycles. The van der Waals surface area contributed by atoms with Crippen LogP contribution >= 0.6 is 0 Å². The molecule has 0 unspecified atom stereocenters. The molecule has 0 saturated heterocycles. The molecule has 0 saturated carbocycles. The summed E-state index contributed by atoms with van der Waals surface area (Å²) in [5, 5.41) is 1.46. The van der Waals surface area contributed by atoms with Crippen molar-refractivity contribution < 1.29 is 4.74 Å². The second kappa shape index (κ2) is 3.58. The van der Waals surface area contributed by atoms with Crippen molar-refractivity contribution in [3.63, 3.8) is 0 Å². The fourth-order valence-electron chi connectivity index (χ4n) is 1.00. The van der Waals surface area contributed by atoms with E-state index in [1.807, 2.05) is 6.07 Å². The summed E-state index contributed by atoms with van der Waals surface area (Å²) in [6, 6.07) is 8.36. The average molecular weight is 166 g/mol. The molecule has 0 spiro atoms. The molecule has 1 nitrogen and oxygen atoms in total. The van der Waals surface area contributed by atoms with Crippen LogP contribution in [0.15, 0.2) is 24.3 Å². The van der Waals surface area contributed by atoms with Crippen molar-refractivity contribution in [1.82, 2.24) is 0 Å². The van der Waals surface area contributed by atoms with Gasteiger partial charge in [0.05, 0.1) is 15.9 Å². The van der Waals surface area contributed by atoms with Gasteiger partial charge in [-0.1, -0.05) is 30.4 Å². The molecule has 1 rings (SSSR count). The maximum atomic E-state index is 5.13. The third-order valence-electron chi connectivity index (χ3n) is 1.76. The zero-order valence-electron chi connectivity index (χ0n) is 7.29. The van der Waals surface area contributed by atoms with E-state index in [0.717, 1.165) is 5.75 Å². The van der Waals surface area contributed by atoms with Crippen LogP contribution in [0.5, 0.6) is 5.75 Å². The summed E-state index contributed by atoms with van der Waals surface area (Å²) >= 11 is 0. The number of hydrogen-bond donors (Lipinski definition) is 0. The second-order valence-corrected chi connectivity index (χ2v) is 5.91. The van der Waals surface area contributed by atoms with Crippen LogP contribution in [0.2, 0.25) is 13.1 Å².